The van der Waals surface area contributed by atoms with Crippen molar-refractivity contribution in [1.82, 2.24) is 0 Å². The van der Waals surface area contributed by atoms with Gasteiger partial charge in [0.25, 0.3) is 0 Å². The highest BCUT2D eigenvalue weighted by atomic mass is 16.0. The molecule has 1 aromatic carbocycles. The molecular weight excluding hydrogens is 126 g/mol. The molecule has 0 atom stereocenters. The van der Waals surface area contributed by atoms with Crippen LogP contribution in [0.15, 0.2) is 18.2 Å². The van der Waals surface area contributed by atoms with E-state index in [1.165, 1.54) is 11.1 Å². The highest BCUT2D eigenvalue weighted by molar-refractivity contribution is 5.43. The topological polar surface area (TPSA) is 57.5 Å². The lowest BCUT2D eigenvalue weighted by molar-refractivity contribution is 0.824. The monoisotopic (exact) mass is 139 g/mol. The smallest absolute Gasteiger partial charge is 0.0319 e. The molecule has 0 unspecified atom stereocenters. The van der Waals surface area contributed by atoms with Gasteiger partial charge in [0.2, 0.25) is 0 Å². The summed E-state index contributed by atoms with van der Waals surface area (Å²) in [5, 5.41) is 0. The maximum Gasteiger partial charge on any atom is 0.0319 e. The van der Waals surface area contributed by atoms with Crippen LogP contribution in [0.3, 0.4) is 0 Å². The first kappa shape index (κ1) is 8.98. The summed E-state index contributed by atoms with van der Waals surface area (Å²) in [4.78, 5) is 0. The molecule has 0 aliphatic rings. The van der Waals surface area contributed by atoms with Gasteiger partial charge < -0.3 is 11.2 Å². The van der Waals surface area contributed by atoms with Crippen molar-refractivity contribution in [3.05, 3.63) is 29.3 Å². The number of hydrogen-bond acceptors (Lipinski definition) is 1. The Balaban J connectivity index is 0.000000810. The molecule has 10 heavy (non-hydrogen) atoms. The van der Waals surface area contributed by atoms with Gasteiger partial charge in [-0.05, 0) is 37.1 Å². The molecule has 4 N–H and O–H groups in total. The number of aryl methyl sites for hydroxylation is 2. The van der Waals surface area contributed by atoms with Crippen LogP contribution in [-0.2, 0) is 0 Å². The third kappa shape index (κ3) is 2.07. The summed E-state index contributed by atoms with van der Waals surface area (Å²) in [7, 11) is 0. The lowest BCUT2D eigenvalue weighted by Gasteiger charge is -1.97. The largest absolute Gasteiger partial charge is 0.412 e. The molecule has 0 bridgehead atoms. The van der Waals surface area contributed by atoms with Crippen LogP contribution in [0.1, 0.15) is 11.1 Å². The van der Waals surface area contributed by atoms with Crippen LogP contribution in [0.25, 0.3) is 0 Å². The van der Waals surface area contributed by atoms with Crippen LogP contribution in [0.4, 0.5) is 5.69 Å². The molecule has 1 rings (SSSR count). The number of hydrogen-bond donors (Lipinski definition) is 1. The third-order valence-electron chi connectivity index (χ3n) is 1.24. The first-order valence-electron chi connectivity index (χ1n) is 3.02. The average molecular weight is 139 g/mol. The fraction of sp³-hybridized carbons (Fsp3) is 0.250. The van der Waals surface area contributed by atoms with Crippen molar-refractivity contribution < 1.29 is 5.48 Å². The molecule has 0 aliphatic carbocycles. The molecule has 0 aromatic heterocycles. The SMILES string of the molecule is Cc1cc(C)cc(N)c1.O. The van der Waals surface area contributed by atoms with Crippen molar-refractivity contribution in [2.75, 3.05) is 5.73 Å². The molecular formula is C8H13NO. The highest BCUT2D eigenvalue weighted by Gasteiger charge is 1.87. The van der Waals surface area contributed by atoms with Crippen molar-refractivity contribution in [3.8, 4) is 0 Å². The normalized spacial score (nSPS) is 8.60. The minimum atomic E-state index is 0. The second kappa shape index (κ2) is 3.22. The molecule has 0 saturated heterocycles. The van der Waals surface area contributed by atoms with Crippen molar-refractivity contribution in [3.63, 3.8) is 0 Å². The van der Waals surface area contributed by atoms with Crippen LogP contribution < -0.4 is 5.73 Å². The number of nitrogens with two attached hydrogens (primary N) is 1. The number of rotatable bonds is 0. The lowest BCUT2D eigenvalue weighted by Crippen LogP contribution is -1.86. The summed E-state index contributed by atoms with van der Waals surface area (Å²) < 4.78 is 0. The summed E-state index contributed by atoms with van der Waals surface area (Å²) in [5.74, 6) is 0. The van der Waals surface area contributed by atoms with Gasteiger partial charge in [-0.25, -0.2) is 0 Å². The van der Waals surface area contributed by atoms with E-state index < -0.39 is 0 Å². The van der Waals surface area contributed by atoms with Gasteiger partial charge in [-0.15, -0.1) is 0 Å². The van der Waals surface area contributed by atoms with Crippen molar-refractivity contribution in [2.24, 2.45) is 0 Å². The minimum absolute atomic E-state index is 0. The van der Waals surface area contributed by atoms with Crippen LogP contribution in [0, 0.1) is 13.8 Å². The van der Waals surface area contributed by atoms with Crippen LogP contribution in [-0.4, -0.2) is 5.48 Å². The van der Waals surface area contributed by atoms with E-state index in [0.29, 0.717) is 0 Å². The number of anilines is 1. The predicted molar refractivity (Wildman–Crippen MR) is 43.9 cm³/mol. The fourth-order valence-corrected chi connectivity index (χ4v) is 1.01. The Hall–Kier alpha value is -1.02. The molecule has 2 nitrogen and oxygen atoms in total. The van der Waals surface area contributed by atoms with E-state index in [2.05, 4.69) is 6.07 Å². The zero-order valence-electron chi connectivity index (χ0n) is 6.31. The van der Waals surface area contributed by atoms with E-state index in [0.717, 1.165) is 5.69 Å². The highest BCUT2D eigenvalue weighted by Crippen LogP contribution is 2.08. The predicted octanol–water partition coefficient (Wildman–Crippen LogP) is 1.06. The Kier molecular flexibility index (Phi) is 2.90. The van der Waals surface area contributed by atoms with Crippen LogP contribution >= 0.6 is 0 Å². The van der Waals surface area contributed by atoms with Gasteiger partial charge in [0, 0.05) is 5.69 Å². The molecule has 2 heteroatoms. The van der Waals surface area contributed by atoms with Gasteiger partial charge in [-0.3, -0.25) is 0 Å². The van der Waals surface area contributed by atoms with E-state index in [9.17, 15) is 0 Å². The number of benzene rings is 1. The Morgan fingerprint density at radius 2 is 1.40 bits per heavy atom. The van der Waals surface area contributed by atoms with E-state index in [1.54, 1.807) is 0 Å². The fourth-order valence-electron chi connectivity index (χ4n) is 1.01. The second-order valence-corrected chi connectivity index (χ2v) is 2.42. The average Bonchev–Trinajstić information content (AvgIpc) is 1.59. The van der Waals surface area contributed by atoms with Gasteiger partial charge >= 0.3 is 0 Å². The molecule has 56 valence electrons. The molecule has 0 radical (unpaired) electrons. The molecule has 1 aromatic rings. The van der Waals surface area contributed by atoms with Gasteiger partial charge in [0.05, 0.1) is 0 Å². The molecule has 0 heterocycles. The Morgan fingerprint density at radius 1 is 1.00 bits per heavy atom. The molecule has 0 saturated carbocycles. The van der Waals surface area contributed by atoms with E-state index in [4.69, 9.17) is 5.73 Å². The van der Waals surface area contributed by atoms with Gasteiger partial charge in [-0.2, -0.15) is 0 Å². The number of nitrogen functional groups attached to an aromatic ring is 1. The minimum Gasteiger partial charge on any atom is -0.412 e. The second-order valence-electron chi connectivity index (χ2n) is 2.42. The van der Waals surface area contributed by atoms with Crippen LogP contribution in [0.5, 0.6) is 0 Å². The summed E-state index contributed by atoms with van der Waals surface area (Å²) in [6.07, 6.45) is 0. The van der Waals surface area contributed by atoms with E-state index >= 15 is 0 Å². The van der Waals surface area contributed by atoms with Crippen molar-refractivity contribution in [2.45, 2.75) is 13.8 Å². The van der Waals surface area contributed by atoms with Gasteiger partial charge in [-0.1, -0.05) is 6.07 Å². The first-order chi connectivity index (χ1) is 4.18. The quantitative estimate of drug-likeness (QED) is 0.537. The van der Waals surface area contributed by atoms with Gasteiger partial charge in [0.1, 0.15) is 0 Å². The van der Waals surface area contributed by atoms with E-state index in [1.807, 2.05) is 26.0 Å². The summed E-state index contributed by atoms with van der Waals surface area (Å²) >= 11 is 0. The molecule has 0 fully saturated rings. The maximum atomic E-state index is 5.56. The maximum absolute atomic E-state index is 5.56. The Labute approximate surface area is 61.0 Å². The molecule has 0 spiro atoms. The van der Waals surface area contributed by atoms with E-state index in [-0.39, 0.29) is 5.48 Å². The van der Waals surface area contributed by atoms with Crippen LogP contribution in [0.2, 0.25) is 0 Å². The molecule has 0 aliphatic heterocycles. The summed E-state index contributed by atoms with van der Waals surface area (Å²) in [5.41, 5.74) is 8.87. The third-order valence-corrected chi connectivity index (χ3v) is 1.24. The zero-order chi connectivity index (χ0) is 6.85. The summed E-state index contributed by atoms with van der Waals surface area (Å²) in [6, 6.07) is 6.04. The lowest BCUT2D eigenvalue weighted by atomic mass is 10.1. The first-order valence-corrected chi connectivity index (χ1v) is 3.02. The Morgan fingerprint density at radius 3 is 1.70 bits per heavy atom. The summed E-state index contributed by atoms with van der Waals surface area (Å²) in [6.45, 7) is 4.09. The standard InChI is InChI=1S/C8H11N.H2O/c1-6-3-7(2)5-8(9)4-6;/h3-5H,9H2,1-2H3;1H2. The van der Waals surface area contributed by atoms with Crippen molar-refractivity contribution in [1.29, 1.82) is 0 Å². The molecule has 0 amide bonds. The van der Waals surface area contributed by atoms with Crippen molar-refractivity contribution >= 4 is 5.69 Å². The Bertz CT molecular complexity index is 170. The zero-order valence-corrected chi connectivity index (χ0v) is 6.31. The van der Waals surface area contributed by atoms with Gasteiger partial charge in [0.15, 0.2) is 0 Å².